The van der Waals surface area contributed by atoms with Crippen LogP contribution in [-0.4, -0.2) is 16.1 Å². The zero-order valence-electron chi connectivity index (χ0n) is 11.1. The van der Waals surface area contributed by atoms with Gasteiger partial charge in [0.25, 0.3) is 5.69 Å². The van der Waals surface area contributed by atoms with Crippen molar-refractivity contribution in [3.05, 3.63) is 39.9 Å². The average Bonchev–Trinajstić information content (AvgIpc) is 2.61. The molecule has 4 nitrogen and oxygen atoms in total. The molecule has 0 aromatic heterocycles. The van der Waals surface area contributed by atoms with E-state index in [1.54, 1.807) is 12.1 Å². The number of benzene rings is 1. The van der Waals surface area contributed by atoms with Gasteiger partial charge < -0.3 is 5.11 Å². The van der Waals surface area contributed by atoms with Gasteiger partial charge in [0.05, 0.1) is 11.0 Å². The van der Waals surface area contributed by atoms with Gasteiger partial charge in [-0.2, -0.15) is 0 Å². The molecule has 0 saturated heterocycles. The lowest BCUT2D eigenvalue weighted by Gasteiger charge is -2.20. The molecule has 2 unspecified atom stereocenters. The van der Waals surface area contributed by atoms with Crippen molar-refractivity contribution in [3.8, 4) is 0 Å². The standard InChI is InChI=1S/C15H21NO3/c17-15-5-3-1-2-4-13(15)9-6-12-7-10-14(11-8-12)16(18)19/h7-8,10-11,13,15,17H,1-6,9H2. The Bertz CT molecular complexity index is 416. The van der Waals surface area contributed by atoms with Gasteiger partial charge in [-0.3, -0.25) is 10.1 Å². The van der Waals surface area contributed by atoms with Gasteiger partial charge in [0.15, 0.2) is 0 Å². The fraction of sp³-hybridized carbons (Fsp3) is 0.600. The molecule has 2 atom stereocenters. The Kier molecular flexibility index (Phi) is 4.91. The fourth-order valence-electron chi connectivity index (χ4n) is 2.84. The van der Waals surface area contributed by atoms with Gasteiger partial charge in [-0.05, 0) is 37.2 Å². The fourth-order valence-corrected chi connectivity index (χ4v) is 2.84. The van der Waals surface area contributed by atoms with Crippen LogP contribution in [0.4, 0.5) is 5.69 Å². The maximum absolute atomic E-state index is 10.6. The van der Waals surface area contributed by atoms with E-state index in [1.165, 1.54) is 12.8 Å². The monoisotopic (exact) mass is 263 g/mol. The van der Waals surface area contributed by atoms with Crippen LogP contribution in [0, 0.1) is 16.0 Å². The molecule has 19 heavy (non-hydrogen) atoms. The third-order valence-corrected chi connectivity index (χ3v) is 4.07. The summed E-state index contributed by atoms with van der Waals surface area (Å²) in [6, 6.07) is 6.75. The van der Waals surface area contributed by atoms with Gasteiger partial charge >= 0.3 is 0 Å². The van der Waals surface area contributed by atoms with Crippen LogP contribution >= 0.6 is 0 Å². The lowest BCUT2D eigenvalue weighted by Crippen LogP contribution is -2.19. The number of aliphatic hydroxyl groups excluding tert-OH is 1. The molecule has 1 aliphatic carbocycles. The minimum atomic E-state index is -0.376. The predicted molar refractivity (Wildman–Crippen MR) is 74.0 cm³/mol. The van der Waals surface area contributed by atoms with Crippen LogP contribution in [0.2, 0.25) is 0 Å². The maximum Gasteiger partial charge on any atom is 0.269 e. The molecule has 0 radical (unpaired) electrons. The van der Waals surface area contributed by atoms with E-state index >= 15 is 0 Å². The van der Waals surface area contributed by atoms with E-state index in [0.29, 0.717) is 5.92 Å². The van der Waals surface area contributed by atoms with E-state index in [1.807, 2.05) is 12.1 Å². The molecule has 4 heteroatoms. The molecule has 1 fully saturated rings. The third kappa shape index (κ3) is 4.03. The number of aliphatic hydroxyl groups is 1. The first-order valence-corrected chi connectivity index (χ1v) is 7.08. The van der Waals surface area contributed by atoms with Gasteiger partial charge in [0, 0.05) is 12.1 Å². The number of nitro benzene ring substituents is 1. The molecule has 0 heterocycles. The Hall–Kier alpha value is -1.42. The van der Waals surface area contributed by atoms with Crippen LogP contribution in [0.15, 0.2) is 24.3 Å². The van der Waals surface area contributed by atoms with E-state index in [9.17, 15) is 15.2 Å². The maximum atomic E-state index is 10.6. The number of rotatable bonds is 4. The Morgan fingerprint density at radius 1 is 1.16 bits per heavy atom. The molecular weight excluding hydrogens is 242 g/mol. The lowest BCUT2D eigenvalue weighted by molar-refractivity contribution is -0.384. The lowest BCUT2D eigenvalue weighted by atomic mass is 9.90. The molecule has 0 aliphatic heterocycles. The summed E-state index contributed by atoms with van der Waals surface area (Å²) in [6.07, 6.45) is 7.29. The van der Waals surface area contributed by atoms with Gasteiger partial charge in [0.1, 0.15) is 0 Å². The summed E-state index contributed by atoms with van der Waals surface area (Å²) >= 11 is 0. The predicted octanol–water partition coefficient (Wildman–Crippen LogP) is 3.47. The summed E-state index contributed by atoms with van der Waals surface area (Å²) in [4.78, 5) is 10.2. The second-order valence-electron chi connectivity index (χ2n) is 5.43. The molecule has 0 spiro atoms. The molecule has 0 bridgehead atoms. The second kappa shape index (κ2) is 6.66. The molecule has 1 aliphatic rings. The van der Waals surface area contributed by atoms with Crippen molar-refractivity contribution >= 4 is 5.69 Å². The SMILES string of the molecule is O=[N+]([O-])c1ccc(CCC2CCCCCC2O)cc1. The Labute approximate surface area is 113 Å². The van der Waals surface area contributed by atoms with Crippen LogP contribution in [0.1, 0.15) is 44.1 Å². The second-order valence-corrected chi connectivity index (χ2v) is 5.43. The zero-order valence-corrected chi connectivity index (χ0v) is 11.1. The van der Waals surface area contributed by atoms with Crippen LogP contribution in [-0.2, 0) is 6.42 Å². The average molecular weight is 263 g/mol. The summed E-state index contributed by atoms with van der Waals surface area (Å²) in [7, 11) is 0. The van der Waals surface area contributed by atoms with Crippen molar-refractivity contribution in [2.24, 2.45) is 5.92 Å². The summed E-state index contributed by atoms with van der Waals surface area (Å²) in [5.74, 6) is 0.387. The number of nitro groups is 1. The molecule has 1 aromatic rings. The smallest absolute Gasteiger partial charge is 0.269 e. The first kappa shape index (κ1) is 14.0. The number of hydrogen-bond acceptors (Lipinski definition) is 3. The van der Waals surface area contributed by atoms with Gasteiger partial charge in [-0.15, -0.1) is 0 Å². The van der Waals surface area contributed by atoms with Gasteiger partial charge in [-0.25, -0.2) is 0 Å². The van der Waals surface area contributed by atoms with E-state index in [-0.39, 0.29) is 16.7 Å². The minimum absolute atomic E-state index is 0.137. The Balaban J connectivity index is 1.88. The normalized spacial score (nSPS) is 23.8. The summed E-state index contributed by atoms with van der Waals surface area (Å²) in [6.45, 7) is 0. The number of hydrogen-bond donors (Lipinski definition) is 1. The van der Waals surface area contributed by atoms with Crippen molar-refractivity contribution < 1.29 is 10.0 Å². The first-order chi connectivity index (χ1) is 9.16. The molecule has 104 valence electrons. The van der Waals surface area contributed by atoms with E-state index in [0.717, 1.165) is 37.7 Å². The molecular formula is C15H21NO3. The van der Waals surface area contributed by atoms with Crippen LogP contribution < -0.4 is 0 Å². The van der Waals surface area contributed by atoms with Crippen molar-refractivity contribution in [2.45, 2.75) is 51.0 Å². The van der Waals surface area contributed by atoms with Crippen molar-refractivity contribution in [1.29, 1.82) is 0 Å². The Morgan fingerprint density at radius 2 is 1.84 bits per heavy atom. The molecule has 0 amide bonds. The van der Waals surface area contributed by atoms with Crippen molar-refractivity contribution in [2.75, 3.05) is 0 Å². The van der Waals surface area contributed by atoms with E-state index in [4.69, 9.17) is 0 Å². The first-order valence-electron chi connectivity index (χ1n) is 7.08. The number of nitrogens with zero attached hydrogens (tertiary/aromatic N) is 1. The molecule has 2 rings (SSSR count). The summed E-state index contributed by atoms with van der Waals surface area (Å²) in [5, 5.41) is 20.6. The number of aryl methyl sites for hydroxylation is 1. The molecule has 1 saturated carbocycles. The highest BCUT2D eigenvalue weighted by Gasteiger charge is 2.21. The topological polar surface area (TPSA) is 63.4 Å². The highest BCUT2D eigenvalue weighted by Crippen LogP contribution is 2.27. The van der Waals surface area contributed by atoms with E-state index in [2.05, 4.69) is 0 Å². The van der Waals surface area contributed by atoms with E-state index < -0.39 is 0 Å². The van der Waals surface area contributed by atoms with Crippen molar-refractivity contribution in [1.82, 2.24) is 0 Å². The Morgan fingerprint density at radius 3 is 2.53 bits per heavy atom. The van der Waals surface area contributed by atoms with Crippen LogP contribution in [0.5, 0.6) is 0 Å². The quantitative estimate of drug-likeness (QED) is 0.514. The largest absolute Gasteiger partial charge is 0.393 e. The van der Waals surface area contributed by atoms with Gasteiger partial charge in [0.2, 0.25) is 0 Å². The zero-order chi connectivity index (χ0) is 13.7. The van der Waals surface area contributed by atoms with Gasteiger partial charge in [-0.1, -0.05) is 31.4 Å². The highest BCUT2D eigenvalue weighted by molar-refractivity contribution is 5.32. The summed E-state index contributed by atoms with van der Waals surface area (Å²) in [5.41, 5.74) is 1.25. The number of non-ortho nitro benzene ring substituents is 1. The highest BCUT2D eigenvalue weighted by atomic mass is 16.6. The minimum Gasteiger partial charge on any atom is -0.393 e. The van der Waals surface area contributed by atoms with Crippen LogP contribution in [0.3, 0.4) is 0 Å². The van der Waals surface area contributed by atoms with Crippen molar-refractivity contribution in [3.63, 3.8) is 0 Å². The third-order valence-electron chi connectivity index (χ3n) is 4.07. The molecule has 1 N–H and O–H groups in total. The molecule has 1 aromatic carbocycles. The van der Waals surface area contributed by atoms with Crippen LogP contribution in [0.25, 0.3) is 0 Å². The summed E-state index contributed by atoms with van der Waals surface area (Å²) < 4.78 is 0.